The molecule has 0 amide bonds. The molecule has 1 saturated carbocycles. The molecule has 2 rings (SSSR count). The monoisotopic (exact) mass is 333 g/mol. The van der Waals surface area contributed by atoms with Gasteiger partial charge in [0.05, 0.1) is 13.2 Å². The lowest BCUT2D eigenvalue weighted by Gasteiger charge is -2.36. The van der Waals surface area contributed by atoms with Crippen LogP contribution in [0.15, 0.2) is 23.3 Å². The summed E-state index contributed by atoms with van der Waals surface area (Å²) in [4.78, 5) is 2.47. The summed E-state index contributed by atoms with van der Waals surface area (Å²) >= 11 is 5.86. The van der Waals surface area contributed by atoms with Gasteiger partial charge in [0.25, 0.3) is 0 Å². The van der Waals surface area contributed by atoms with E-state index < -0.39 is 18.3 Å². The van der Waals surface area contributed by atoms with Gasteiger partial charge in [-0.05, 0) is 54.5 Å². The molecule has 4 nitrogen and oxygen atoms in total. The van der Waals surface area contributed by atoms with Crippen molar-refractivity contribution in [1.29, 1.82) is 0 Å². The number of halogens is 4. The molecule has 1 aromatic rings. The first-order valence-electron chi connectivity index (χ1n) is 6.78. The number of hydrogen-bond donors (Lipinski definition) is 0. The molecule has 0 N–H and O–H groups in total. The molecule has 1 fully saturated rings. The maximum Gasteiger partial charge on any atom is 0.421 e. The lowest BCUT2D eigenvalue weighted by atomic mass is 9.89. The lowest BCUT2D eigenvalue weighted by molar-refractivity contribution is -0.282. The number of ether oxygens (including phenoxy) is 1. The number of aryl methyl sites for hydroxylation is 1. The van der Waals surface area contributed by atoms with Crippen LogP contribution in [0.3, 0.4) is 0 Å². The highest BCUT2D eigenvalue weighted by Gasteiger charge is 2.58. The first kappa shape index (κ1) is 16.9. The van der Waals surface area contributed by atoms with Crippen LogP contribution in [0.5, 0.6) is 0 Å². The van der Waals surface area contributed by atoms with Crippen LogP contribution in [0.1, 0.15) is 24.0 Å². The highest BCUT2D eigenvalue weighted by Crippen LogP contribution is 2.46. The van der Waals surface area contributed by atoms with Crippen LogP contribution in [-0.2, 0) is 10.3 Å². The second kappa shape index (κ2) is 6.36. The SMILES string of the molecule is Cc1ccc(Cl)cc1C(CN=[N+]=[N-])(OCC1CC1)C(F)(F)F. The first-order valence-corrected chi connectivity index (χ1v) is 7.16. The Balaban J connectivity index is 2.52. The molecule has 1 atom stereocenters. The molecule has 1 unspecified atom stereocenters. The molecule has 120 valence electrons. The maximum absolute atomic E-state index is 13.8. The summed E-state index contributed by atoms with van der Waals surface area (Å²) in [6.07, 6.45) is -3.03. The Morgan fingerprint density at radius 2 is 2.09 bits per heavy atom. The Morgan fingerprint density at radius 1 is 1.41 bits per heavy atom. The molecule has 0 saturated heterocycles. The zero-order chi connectivity index (χ0) is 16.4. The van der Waals surface area contributed by atoms with Crippen LogP contribution in [0.2, 0.25) is 5.02 Å². The van der Waals surface area contributed by atoms with E-state index in [4.69, 9.17) is 21.9 Å². The maximum atomic E-state index is 13.8. The number of hydrogen-bond acceptors (Lipinski definition) is 2. The zero-order valence-electron chi connectivity index (χ0n) is 11.9. The summed E-state index contributed by atoms with van der Waals surface area (Å²) in [6, 6.07) is 4.23. The molecular formula is C14H15ClF3N3O. The summed E-state index contributed by atoms with van der Waals surface area (Å²) in [5.74, 6) is 0.132. The van der Waals surface area contributed by atoms with Crippen molar-refractivity contribution in [2.45, 2.75) is 31.5 Å². The lowest BCUT2D eigenvalue weighted by Crippen LogP contribution is -2.48. The topological polar surface area (TPSA) is 58.0 Å². The molecule has 1 aromatic carbocycles. The minimum atomic E-state index is -4.73. The third-order valence-corrected chi connectivity index (χ3v) is 3.95. The van der Waals surface area contributed by atoms with E-state index in [1.807, 2.05) is 0 Å². The van der Waals surface area contributed by atoms with E-state index >= 15 is 0 Å². The van der Waals surface area contributed by atoms with Crippen molar-refractivity contribution in [3.63, 3.8) is 0 Å². The van der Waals surface area contributed by atoms with Crippen LogP contribution < -0.4 is 0 Å². The van der Waals surface area contributed by atoms with Crippen molar-refractivity contribution in [3.05, 3.63) is 44.8 Å². The van der Waals surface area contributed by atoms with E-state index in [-0.39, 0.29) is 23.1 Å². The summed E-state index contributed by atoms with van der Waals surface area (Å²) in [5, 5.41) is 3.32. The number of nitrogens with zero attached hydrogens (tertiary/aromatic N) is 3. The van der Waals surface area contributed by atoms with E-state index in [2.05, 4.69) is 10.0 Å². The van der Waals surface area contributed by atoms with Crippen molar-refractivity contribution in [1.82, 2.24) is 0 Å². The molecule has 8 heteroatoms. The van der Waals surface area contributed by atoms with E-state index in [0.717, 1.165) is 12.8 Å². The average molecular weight is 334 g/mol. The molecule has 0 radical (unpaired) electrons. The number of alkyl halides is 3. The van der Waals surface area contributed by atoms with Gasteiger partial charge in [-0.15, -0.1) is 0 Å². The molecule has 0 bridgehead atoms. The van der Waals surface area contributed by atoms with Crippen molar-refractivity contribution in [2.24, 2.45) is 11.0 Å². The van der Waals surface area contributed by atoms with Gasteiger partial charge >= 0.3 is 6.18 Å². The van der Waals surface area contributed by atoms with E-state index in [0.29, 0.717) is 5.56 Å². The van der Waals surface area contributed by atoms with Gasteiger partial charge in [-0.3, -0.25) is 0 Å². The Hall–Kier alpha value is -1.43. The standard InChI is InChI=1S/C14H15ClF3N3O/c1-9-2-5-11(15)6-12(9)13(8-20-21-19,14(16,17)18)22-7-10-3-4-10/h2,5-6,10H,3-4,7-8H2,1H3. The van der Waals surface area contributed by atoms with Gasteiger partial charge in [0.2, 0.25) is 0 Å². The predicted octanol–water partition coefficient (Wildman–Crippen LogP) is 5.14. The summed E-state index contributed by atoms with van der Waals surface area (Å²) in [5.41, 5.74) is 6.07. The van der Waals surface area contributed by atoms with Crippen LogP contribution in [-0.4, -0.2) is 19.3 Å². The zero-order valence-corrected chi connectivity index (χ0v) is 12.7. The first-order chi connectivity index (χ1) is 10.3. The van der Waals surface area contributed by atoms with E-state index in [1.54, 1.807) is 6.92 Å². The molecule has 22 heavy (non-hydrogen) atoms. The number of azide groups is 1. The third kappa shape index (κ3) is 3.48. The molecule has 0 aromatic heterocycles. The average Bonchev–Trinajstić information content (AvgIpc) is 3.25. The minimum absolute atomic E-state index is 0.0214. The van der Waals surface area contributed by atoms with Crippen molar-refractivity contribution < 1.29 is 17.9 Å². The molecule has 0 heterocycles. The van der Waals surface area contributed by atoms with Gasteiger partial charge in [0, 0.05) is 9.93 Å². The molecule has 1 aliphatic carbocycles. The van der Waals surface area contributed by atoms with Crippen molar-refractivity contribution >= 4 is 11.6 Å². The number of benzene rings is 1. The summed E-state index contributed by atoms with van der Waals surface area (Å²) in [7, 11) is 0. The van der Waals surface area contributed by atoms with Gasteiger partial charge in [-0.2, -0.15) is 13.2 Å². The van der Waals surface area contributed by atoms with Crippen LogP contribution in [0, 0.1) is 12.8 Å². The molecule has 1 aliphatic rings. The minimum Gasteiger partial charge on any atom is -0.360 e. The van der Waals surface area contributed by atoms with Crippen molar-refractivity contribution in [3.8, 4) is 0 Å². The molecule has 0 spiro atoms. The molecular weight excluding hydrogens is 319 g/mol. The normalized spacial score (nSPS) is 17.7. The smallest absolute Gasteiger partial charge is 0.360 e. The van der Waals surface area contributed by atoms with Gasteiger partial charge in [-0.1, -0.05) is 22.8 Å². The second-order valence-electron chi connectivity index (χ2n) is 5.43. The fourth-order valence-corrected chi connectivity index (χ4v) is 2.41. The predicted molar refractivity (Wildman–Crippen MR) is 76.6 cm³/mol. The van der Waals surface area contributed by atoms with Crippen LogP contribution >= 0.6 is 11.6 Å². The quantitative estimate of drug-likeness (QED) is 0.404. The Bertz CT molecular complexity index is 597. The third-order valence-electron chi connectivity index (χ3n) is 3.71. The summed E-state index contributed by atoms with van der Waals surface area (Å²) < 4.78 is 46.7. The van der Waals surface area contributed by atoms with Gasteiger partial charge < -0.3 is 4.74 Å². The van der Waals surface area contributed by atoms with E-state index in [9.17, 15) is 13.2 Å². The van der Waals surface area contributed by atoms with E-state index in [1.165, 1.54) is 18.2 Å². The van der Waals surface area contributed by atoms with Crippen molar-refractivity contribution in [2.75, 3.05) is 13.2 Å². The van der Waals surface area contributed by atoms with Crippen LogP contribution in [0.25, 0.3) is 10.4 Å². The van der Waals surface area contributed by atoms with Gasteiger partial charge in [0.1, 0.15) is 0 Å². The van der Waals surface area contributed by atoms with Gasteiger partial charge in [0.15, 0.2) is 5.60 Å². The fraction of sp³-hybridized carbons (Fsp3) is 0.571. The largest absolute Gasteiger partial charge is 0.421 e. The fourth-order valence-electron chi connectivity index (χ4n) is 2.24. The van der Waals surface area contributed by atoms with Crippen LogP contribution in [0.4, 0.5) is 13.2 Å². The number of rotatable bonds is 6. The second-order valence-corrected chi connectivity index (χ2v) is 5.86. The molecule has 0 aliphatic heterocycles. The summed E-state index contributed by atoms with van der Waals surface area (Å²) in [6.45, 7) is 0.663. The Morgan fingerprint density at radius 3 is 2.64 bits per heavy atom. The highest BCUT2D eigenvalue weighted by atomic mass is 35.5. The Kier molecular flexibility index (Phi) is 4.90. The Labute approximate surface area is 130 Å². The highest BCUT2D eigenvalue weighted by molar-refractivity contribution is 6.30. The van der Waals surface area contributed by atoms with Gasteiger partial charge in [-0.25, -0.2) is 0 Å².